The molecule has 1 aromatic heterocycles. The number of methoxy groups -OCH3 is 1. The summed E-state index contributed by atoms with van der Waals surface area (Å²) in [5.41, 5.74) is 5.41. The van der Waals surface area contributed by atoms with Crippen molar-refractivity contribution in [3.8, 4) is 22.9 Å². The first-order valence-corrected chi connectivity index (χ1v) is 11.5. The zero-order valence-corrected chi connectivity index (χ0v) is 19.2. The smallest absolute Gasteiger partial charge is 0.136 e. The van der Waals surface area contributed by atoms with Crippen molar-refractivity contribution in [2.45, 2.75) is 51.5 Å². The van der Waals surface area contributed by atoms with Crippen LogP contribution in [0.5, 0.6) is 5.75 Å². The highest BCUT2D eigenvalue weighted by molar-refractivity contribution is 5.67. The molecule has 0 atom stereocenters. The second kappa shape index (κ2) is 9.91. The van der Waals surface area contributed by atoms with E-state index in [-0.39, 0.29) is 0 Å². The molecule has 3 aromatic rings. The summed E-state index contributed by atoms with van der Waals surface area (Å²) in [6.45, 7) is 5.27. The maximum absolute atomic E-state index is 9.37. The van der Waals surface area contributed by atoms with Gasteiger partial charge in [-0.3, -0.25) is 4.68 Å². The van der Waals surface area contributed by atoms with E-state index >= 15 is 0 Å². The second-order valence-electron chi connectivity index (χ2n) is 9.05. The molecule has 166 valence electrons. The molecule has 1 fully saturated rings. The minimum atomic E-state index is 0.365. The SMILES string of the molecule is COc1ccc(C2CCC(CNc3cccc(-c4cnn(C(C)C)c4)c3)CC2)cc1C#N. The van der Waals surface area contributed by atoms with E-state index in [1.807, 2.05) is 23.0 Å². The fraction of sp³-hybridized carbons (Fsp3) is 0.407. The molecule has 1 heterocycles. The highest BCUT2D eigenvalue weighted by Gasteiger charge is 2.23. The van der Waals surface area contributed by atoms with Gasteiger partial charge in [0, 0.05) is 30.0 Å². The molecule has 0 bridgehead atoms. The lowest BCUT2D eigenvalue weighted by molar-refractivity contribution is 0.338. The number of benzene rings is 2. The standard InChI is InChI=1S/C27H32N4O/c1-19(2)31-18-25(17-30-31)22-5-4-6-26(14-22)29-16-20-7-9-21(10-8-20)23-11-12-27(32-3)24(13-23)15-28/h4-6,11-14,17-21,29H,7-10,16H2,1-3H3. The first-order valence-electron chi connectivity index (χ1n) is 11.5. The van der Waals surface area contributed by atoms with E-state index in [4.69, 9.17) is 4.74 Å². The molecule has 0 amide bonds. The van der Waals surface area contributed by atoms with Crippen LogP contribution in [-0.2, 0) is 0 Å². The minimum Gasteiger partial charge on any atom is -0.495 e. The summed E-state index contributed by atoms with van der Waals surface area (Å²) in [5.74, 6) is 1.87. The molecule has 1 N–H and O–H groups in total. The number of nitrogens with one attached hydrogen (secondary N) is 1. The second-order valence-corrected chi connectivity index (χ2v) is 9.05. The average Bonchev–Trinajstić information content (AvgIpc) is 3.34. The third kappa shape index (κ3) is 4.96. The predicted molar refractivity (Wildman–Crippen MR) is 129 cm³/mol. The van der Waals surface area contributed by atoms with Crippen LogP contribution in [0.25, 0.3) is 11.1 Å². The van der Waals surface area contributed by atoms with Crippen molar-refractivity contribution in [1.29, 1.82) is 5.26 Å². The summed E-state index contributed by atoms with van der Waals surface area (Å²) >= 11 is 0. The van der Waals surface area contributed by atoms with Crippen molar-refractivity contribution < 1.29 is 4.74 Å². The monoisotopic (exact) mass is 428 g/mol. The van der Waals surface area contributed by atoms with Crippen molar-refractivity contribution in [2.24, 2.45) is 5.92 Å². The maximum Gasteiger partial charge on any atom is 0.136 e. The van der Waals surface area contributed by atoms with Gasteiger partial charge < -0.3 is 10.1 Å². The van der Waals surface area contributed by atoms with E-state index in [2.05, 4.69) is 66.9 Å². The van der Waals surface area contributed by atoms with Crippen molar-refractivity contribution in [1.82, 2.24) is 9.78 Å². The fourth-order valence-corrected chi connectivity index (χ4v) is 4.61. The molecular formula is C27H32N4O. The number of hydrogen-bond donors (Lipinski definition) is 1. The van der Waals surface area contributed by atoms with Gasteiger partial charge in [0.2, 0.25) is 0 Å². The van der Waals surface area contributed by atoms with Crippen molar-refractivity contribution >= 4 is 5.69 Å². The zero-order chi connectivity index (χ0) is 22.5. The Balaban J connectivity index is 1.32. The molecule has 5 heteroatoms. The highest BCUT2D eigenvalue weighted by atomic mass is 16.5. The molecule has 1 saturated carbocycles. The minimum absolute atomic E-state index is 0.365. The van der Waals surface area contributed by atoms with Gasteiger partial charge in [0.05, 0.1) is 18.9 Å². The number of nitriles is 1. The molecule has 0 aliphatic heterocycles. The summed E-state index contributed by atoms with van der Waals surface area (Å²) in [5, 5.41) is 17.5. The summed E-state index contributed by atoms with van der Waals surface area (Å²) in [4.78, 5) is 0. The van der Waals surface area contributed by atoms with E-state index < -0.39 is 0 Å². The average molecular weight is 429 g/mol. The summed E-state index contributed by atoms with van der Waals surface area (Å²) in [6, 6.07) is 17.3. The van der Waals surface area contributed by atoms with Gasteiger partial charge >= 0.3 is 0 Å². The Morgan fingerprint density at radius 1 is 1.12 bits per heavy atom. The van der Waals surface area contributed by atoms with Crippen molar-refractivity contribution in [3.63, 3.8) is 0 Å². The lowest BCUT2D eigenvalue weighted by Crippen LogP contribution is -2.20. The van der Waals surface area contributed by atoms with Crippen LogP contribution in [0.4, 0.5) is 5.69 Å². The molecular weight excluding hydrogens is 396 g/mol. The lowest BCUT2D eigenvalue weighted by Gasteiger charge is -2.29. The number of nitrogens with zero attached hydrogens (tertiary/aromatic N) is 3. The maximum atomic E-state index is 9.37. The molecule has 0 radical (unpaired) electrons. The summed E-state index contributed by atoms with van der Waals surface area (Å²) in [6.07, 6.45) is 8.79. The molecule has 2 aromatic carbocycles. The van der Waals surface area contributed by atoms with Crippen LogP contribution < -0.4 is 10.1 Å². The summed E-state index contributed by atoms with van der Waals surface area (Å²) in [7, 11) is 1.61. The van der Waals surface area contributed by atoms with Gasteiger partial charge in [-0.05, 0) is 86.8 Å². The van der Waals surface area contributed by atoms with Gasteiger partial charge in [-0.1, -0.05) is 18.2 Å². The Kier molecular flexibility index (Phi) is 6.80. The van der Waals surface area contributed by atoms with Crippen LogP contribution in [0.2, 0.25) is 0 Å². The van der Waals surface area contributed by atoms with Gasteiger partial charge in [-0.25, -0.2) is 0 Å². The van der Waals surface area contributed by atoms with Crippen LogP contribution in [-0.4, -0.2) is 23.4 Å². The molecule has 4 rings (SSSR count). The van der Waals surface area contributed by atoms with E-state index in [1.165, 1.54) is 24.0 Å². The molecule has 0 saturated heterocycles. The van der Waals surface area contributed by atoms with Gasteiger partial charge in [0.1, 0.15) is 11.8 Å². The predicted octanol–water partition coefficient (Wildman–Crippen LogP) is 6.40. The Bertz CT molecular complexity index is 1090. The number of rotatable bonds is 7. The Hall–Kier alpha value is -3.26. The summed E-state index contributed by atoms with van der Waals surface area (Å²) < 4.78 is 7.28. The van der Waals surface area contributed by atoms with Crippen molar-refractivity contribution in [2.75, 3.05) is 19.0 Å². The van der Waals surface area contributed by atoms with Crippen LogP contribution >= 0.6 is 0 Å². The van der Waals surface area contributed by atoms with Crippen LogP contribution in [0.15, 0.2) is 54.9 Å². The Labute approximate surface area is 191 Å². The molecule has 0 unspecified atom stereocenters. The number of aromatic nitrogens is 2. The number of ether oxygens (including phenoxy) is 1. The van der Waals surface area contributed by atoms with Crippen LogP contribution in [0.3, 0.4) is 0 Å². The quantitative estimate of drug-likeness (QED) is 0.473. The first kappa shape index (κ1) is 22.0. The third-order valence-corrected chi connectivity index (χ3v) is 6.58. The molecule has 0 spiro atoms. The zero-order valence-electron chi connectivity index (χ0n) is 19.2. The highest BCUT2D eigenvalue weighted by Crippen LogP contribution is 2.37. The third-order valence-electron chi connectivity index (χ3n) is 6.58. The van der Waals surface area contributed by atoms with E-state index in [9.17, 15) is 5.26 Å². The Morgan fingerprint density at radius 2 is 1.94 bits per heavy atom. The van der Waals surface area contributed by atoms with Gasteiger partial charge in [0.25, 0.3) is 0 Å². The van der Waals surface area contributed by atoms with E-state index in [0.29, 0.717) is 29.2 Å². The Morgan fingerprint density at radius 3 is 2.62 bits per heavy atom. The van der Waals surface area contributed by atoms with E-state index in [1.54, 1.807) is 7.11 Å². The molecule has 32 heavy (non-hydrogen) atoms. The van der Waals surface area contributed by atoms with E-state index in [0.717, 1.165) is 30.6 Å². The van der Waals surface area contributed by atoms with Gasteiger partial charge in [0.15, 0.2) is 0 Å². The molecule has 1 aliphatic carbocycles. The van der Waals surface area contributed by atoms with Crippen molar-refractivity contribution in [3.05, 3.63) is 66.0 Å². The molecule has 1 aliphatic rings. The number of anilines is 1. The largest absolute Gasteiger partial charge is 0.495 e. The number of hydrogen-bond acceptors (Lipinski definition) is 4. The topological polar surface area (TPSA) is 62.9 Å². The molecule has 5 nitrogen and oxygen atoms in total. The lowest BCUT2D eigenvalue weighted by atomic mass is 9.78. The fourth-order valence-electron chi connectivity index (χ4n) is 4.61. The van der Waals surface area contributed by atoms with Crippen LogP contribution in [0.1, 0.15) is 62.6 Å². The van der Waals surface area contributed by atoms with Crippen LogP contribution in [0, 0.1) is 17.2 Å². The first-order chi connectivity index (χ1) is 15.6. The van der Waals surface area contributed by atoms with Gasteiger partial charge in [-0.15, -0.1) is 0 Å². The van der Waals surface area contributed by atoms with Gasteiger partial charge in [-0.2, -0.15) is 10.4 Å². The normalized spacial score (nSPS) is 18.3.